The lowest BCUT2D eigenvalue weighted by atomic mass is 9.90. The van der Waals surface area contributed by atoms with Crippen LogP contribution in [0.5, 0.6) is 0 Å². The van der Waals surface area contributed by atoms with Crippen molar-refractivity contribution in [2.75, 3.05) is 13.2 Å². The van der Waals surface area contributed by atoms with Crippen LogP contribution in [-0.4, -0.2) is 29.1 Å². The van der Waals surface area contributed by atoms with E-state index in [0.717, 1.165) is 4.47 Å². The highest BCUT2D eigenvalue weighted by molar-refractivity contribution is 9.10. The number of hydrogen-bond acceptors (Lipinski definition) is 3. The Hall–Kier alpha value is -0.940. The third-order valence-electron chi connectivity index (χ3n) is 2.48. The fourth-order valence-electron chi connectivity index (χ4n) is 1.35. The van der Waals surface area contributed by atoms with E-state index < -0.39 is 0 Å². The van der Waals surface area contributed by atoms with Crippen molar-refractivity contribution in [3.63, 3.8) is 0 Å². The summed E-state index contributed by atoms with van der Waals surface area (Å²) in [6.45, 7) is 4.66. The van der Waals surface area contributed by atoms with Crippen LogP contribution in [0.15, 0.2) is 22.9 Å². The highest BCUT2D eigenvalue weighted by atomic mass is 79.9. The van der Waals surface area contributed by atoms with Crippen LogP contribution in [0.4, 0.5) is 0 Å². The Balaban J connectivity index is 2.56. The lowest BCUT2D eigenvalue weighted by molar-refractivity contribution is 0.0928. The van der Waals surface area contributed by atoms with E-state index >= 15 is 0 Å². The first-order valence-corrected chi connectivity index (χ1v) is 6.23. The molecule has 0 aliphatic rings. The van der Waals surface area contributed by atoms with Crippen LogP contribution >= 0.6 is 15.9 Å². The predicted octanol–water partition coefficient (Wildman–Crippen LogP) is 1.98. The molecule has 0 atom stereocenters. The molecule has 0 aliphatic heterocycles. The summed E-state index contributed by atoms with van der Waals surface area (Å²) in [6, 6.07) is 1.72. The summed E-state index contributed by atoms with van der Waals surface area (Å²) in [7, 11) is 0. The number of aliphatic hydroxyl groups excluding tert-OH is 1. The van der Waals surface area contributed by atoms with Gasteiger partial charge in [0.2, 0.25) is 0 Å². The highest BCUT2D eigenvalue weighted by Crippen LogP contribution is 2.18. The van der Waals surface area contributed by atoms with Gasteiger partial charge in [-0.1, -0.05) is 13.8 Å². The van der Waals surface area contributed by atoms with Gasteiger partial charge in [0.05, 0.1) is 5.56 Å². The van der Waals surface area contributed by atoms with Crippen molar-refractivity contribution in [2.45, 2.75) is 20.3 Å². The summed E-state index contributed by atoms with van der Waals surface area (Å²) < 4.78 is 0.778. The van der Waals surface area contributed by atoms with Gasteiger partial charge in [-0.25, -0.2) is 0 Å². The first kappa shape index (κ1) is 14.1. The van der Waals surface area contributed by atoms with Gasteiger partial charge < -0.3 is 10.4 Å². The lowest BCUT2D eigenvalue weighted by Crippen LogP contribution is -2.34. The lowest BCUT2D eigenvalue weighted by Gasteiger charge is -2.23. The smallest absolute Gasteiger partial charge is 0.252 e. The van der Waals surface area contributed by atoms with Crippen LogP contribution in [0.25, 0.3) is 0 Å². The molecule has 1 rings (SSSR count). The van der Waals surface area contributed by atoms with Gasteiger partial charge in [-0.15, -0.1) is 0 Å². The highest BCUT2D eigenvalue weighted by Gasteiger charge is 2.18. The molecule has 0 saturated heterocycles. The number of nitrogens with zero attached hydrogens (tertiary/aromatic N) is 1. The van der Waals surface area contributed by atoms with Crippen molar-refractivity contribution < 1.29 is 9.90 Å². The first-order chi connectivity index (χ1) is 7.94. The Morgan fingerprint density at radius 3 is 2.82 bits per heavy atom. The van der Waals surface area contributed by atoms with Gasteiger partial charge in [-0.05, 0) is 33.8 Å². The van der Waals surface area contributed by atoms with Gasteiger partial charge >= 0.3 is 0 Å². The molecule has 0 aromatic carbocycles. The zero-order valence-corrected chi connectivity index (χ0v) is 11.6. The van der Waals surface area contributed by atoms with Crippen LogP contribution in [0.1, 0.15) is 30.6 Å². The Labute approximate surface area is 110 Å². The van der Waals surface area contributed by atoms with E-state index in [9.17, 15) is 4.79 Å². The molecule has 0 spiro atoms. The van der Waals surface area contributed by atoms with Crippen LogP contribution in [0.2, 0.25) is 0 Å². The van der Waals surface area contributed by atoms with E-state index in [1.807, 2.05) is 13.8 Å². The largest absolute Gasteiger partial charge is 0.396 e. The molecular weight excluding hydrogens is 284 g/mol. The maximum absolute atomic E-state index is 11.8. The maximum atomic E-state index is 11.8. The van der Waals surface area contributed by atoms with E-state index in [4.69, 9.17) is 5.11 Å². The minimum absolute atomic E-state index is 0.107. The second kappa shape index (κ2) is 6.12. The fourth-order valence-corrected chi connectivity index (χ4v) is 1.71. The maximum Gasteiger partial charge on any atom is 0.252 e. The molecule has 0 unspecified atom stereocenters. The molecule has 0 fully saturated rings. The molecule has 0 radical (unpaired) electrons. The van der Waals surface area contributed by atoms with Crippen molar-refractivity contribution >= 4 is 21.8 Å². The molecule has 1 amide bonds. The summed E-state index contributed by atoms with van der Waals surface area (Å²) in [6.07, 6.45) is 3.82. The molecule has 1 aromatic heterocycles. The zero-order chi connectivity index (χ0) is 12.9. The average Bonchev–Trinajstić information content (AvgIpc) is 2.26. The van der Waals surface area contributed by atoms with Gasteiger partial charge in [0, 0.05) is 30.0 Å². The van der Waals surface area contributed by atoms with E-state index in [-0.39, 0.29) is 17.9 Å². The molecule has 4 nitrogen and oxygen atoms in total. The molecule has 0 saturated carbocycles. The molecule has 0 aliphatic carbocycles. The van der Waals surface area contributed by atoms with Gasteiger partial charge in [-0.2, -0.15) is 0 Å². The third-order valence-corrected chi connectivity index (χ3v) is 2.92. The van der Waals surface area contributed by atoms with Crippen molar-refractivity contribution in [1.82, 2.24) is 10.3 Å². The van der Waals surface area contributed by atoms with Crippen LogP contribution in [-0.2, 0) is 0 Å². The molecule has 1 aromatic rings. The van der Waals surface area contributed by atoms with Crippen molar-refractivity contribution in [2.24, 2.45) is 5.41 Å². The minimum Gasteiger partial charge on any atom is -0.396 e. The van der Waals surface area contributed by atoms with Crippen molar-refractivity contribution in [3.05, 3.63) is 28.5 Å². The number of pyridine rings is 1. The topological polar surface area (TPSA) is 62.2 Å². The molecule has 1 heterocycles. The number of nitrogens with one attached hydrogen (secondary N) is 1. The molecule has 17 heavy (non-hydrogen) atoms. The normalized spacial score (nSPS) is 11.3. The minimum atomic E-state index is -0.148. The second-order valence-electron chi connectivity index (χ2n) is 4.71. The molecule has 94 valence electrons. The SMILES string of the molecule is CC(C)(CCO)CNC(=O)c1cncc(Br)c1. The summed E-state index contributed by atoms with van der Waals surface area (Å²) >= 11 is 3.27. The molecular formula is C12H17BrN2O2. The third kappa shape index (κ3) is 4.83. The van der Waals surface area contributed by atoms with E-state index in [0.29, 0.717) is 18.5 Å². The number of halogens is 1. The number of carbonyl (C=O) groups is 1. The second-order valence-corrected chi connectivity index (χ2v) is 5.63. The number of aliphatic hydroxyl groups is 1. The standard InChI is InChI=1S/C12H17BrN2O2/c1-12(2,3-4-16)8-15-11(17)9-5-10(13)7-14-6-9/h5-7,16H,3-4,8H2,1-2H3,(H,15,17). The Bertz CT molecular complexity index is 394. The number of carbonyl (C=O) groups excluding carboxylic acids is 1. The van der Waals surface area contributed by atoms with Gasteiger partial charge in [-0.3, -0.25) is 9.78 Å². The van der Waals surface area contributed by atoms with Crippen LogP contribution in [0.3, 0.4) is 0 Å². The zero-order valence-electron chi connectivity index (χ0n) is 10.0. The Kier molecular flexibility index (Phi) is 5.08. The van der Waals surface area contributed by atoms with Gasteiger partial charge in [0.1, 0.15) is 0 Å². The van der Waals surface area contributed by atoms with E-state index in [1.165, 1.54) is 6.20 Å². The van der Waals surface area contributed by atoms with E-state index in [2.05, 4.69) is 26.2 Å². The Morgan fingerprint density at radius 1 is 1.53 bits per heavy atom. The number of aromatic nitrogens is 1. The van der Waals surface area contributed by atoms with Crippen molar-refractivity contribution in [1.29, 1.82) is 0 Å². The number of rotatable bonds is 5. The van der Waals surface area contributed by atoms with E-state index in [1.54, 1.807) is 12.3 Å². The van der Waals surface area contributed by atoms with Gasteiger partial charge in [0.25, 0.3) is 5.91 Å². The monoisotopic (exact) mass is 300 g/mol. The number of amides is 1. The first-order valence-electron chi connectivity index (χ1n) is 5.44. The fraction of sp³-hybridized carbons (Fsp3) is 0.500. The average molecular weight is 301 g/mol. The molecule has 0 bridgehead atoms. The predicted molar refractivity (Wildman–Crippen MR) is 69.8 cm³/mol. The molecule has 5 heteroatoms. The van der Waals surface area contributed by atoms with Crippen LogP contribution in [0, 0.1) is 5.41 Å². The summed E-state index contributed by atoms with van der Waals surface area (Å²) in [5, 5.41) is 11.7. The van der Waals surface area contributed by atoms with Gasteiger partial charge in [0.15, 0.2) is 0 Å². The summed E-state index contributed by atoms with van der Waals surface area (Å²) in [4.78, 5) is 15.8. The Morgan fingerprint density at radius 2 is 2.24 bits per heavy atom. The summed E-state index contributed by atoms with van der Waals surface area (Å²) in [5.74, 6) is -0.148. The number of hydrogen-bond donors (Lipinski definition) is 2. The quantitative estimate of drug-likeness (QED) is 0.874. The summed E-state index contributed by atoms with van der Waals surface area (Å²) in [5.41, 5.74) is 0.420. The van der Waals surface area contributed by atoms with Crippen LogP contribution < -0.4 is 5.32 Å². The molecule has 2 N–H and O–H groups in total. The van der Waals surface area contributed by atoms with Crippen molar-refractivity contribution in [3.8, 4) is 0 Å².